The van der Waals surface area contributed by atoms with Crippen LogP contribution >= 0.6 is 0 Å². The van der Waals surface area contributed by atoms with Gasteiger partial charge >= 0.3 is 0 Å². The average Bonchev–Trinajstić information content (AvgIpc) is 3.20. The number of hydrogen-bond donors (Lipinski definition) is 1. The van der Waals surface area contributed by atoms with Gasteiger partial charge in [0.25, 0.3) is 0 Å². The van der Waals surface area contributed by atoms with Gasteiger partial charge < -0.3 is 9.73 Å². The molecule has 0 aliphatic heterocycles. The van der Waals surface area contributed by atoms with Gasteiger partial charge in [-0.05, 0) is 55.7 Å². The SMILES string of the molecule is Cc1ccc(-c2nc(S(=O)(=O)c3cccc(C)c3)c(NCCc3ccccc3)o2)cc1. The second kappa shape index (κ2) is 8.78. The fraction of sp³-hybridized carbons (Fsp3) is 0.160. The molecular weight excluding hydrogens is 408 g/mol. The van der Waals surface area contributed by atoms with Crippen LogP contribution in [0.15, 0.2) is 93.2 Å². The van der Waals surface area contributed by atoms with Crippen LogP contribution < -0.4 is 5.32 Å². The molecular formula is C25H24N2O3S. The first-order valence-electron chi connectivity index (χ1n) is 10.1. The van der Waals surface area contributed by atoms with Gasteiger partial charge in [-0.1, -0.05) is 60.2 Å². The molecule has 31 heavy (non-hydrogen) atoms. The minimum atomic E-state index is -3.85. The monoisotopic (exact) mass is 432 g/mol. The topological polar surface area (TPSA) is 72.2 Å². The molecule has 158 valence electrons. The Hall–Kier alpha value is -3.38. The van der Waals surface area contributed by atoms with Crippen LogP contribution in [0.5, 0.6) is 0 Å². The van der Waals surface area contributed by atoms with Crippen molar-refractivity contribution < 1.29 is 12.8 Å². The standard InChI is InChI=1S/C25H24N2O3S/c1-18-11-13-21(14-12-18)23-27-25(31(28,29)22-10-6-7-19(2)17-22)24(30-23)26-16-15-20-8-4-3-5-9-20/h3-14,17,26H,15-16H2,1-2H3. The summed E-state index contributed by atoms with van der Waals surface area (Å²) in [5.74, 6) is 0.432. The predicted molar refractivity (Wildman–Crippen MR) is 122 cm³/mol. The highest BCUT2D eigenvalue weighted by Gasteiger charge is 2.28. The first-order chi connectivity index (χ1) is 14.9. The van der Waals surface area contributed by atoms with E-state index < -0.39 is 9.84 Å². The smallest absolute Gasteiger partial charge is 0.233 e. The van der Waals surface area contributed by atoms with E-state index >= 15 is 0 Å². The maximum Gasteiger partial charge on any atom is 0.233 e. The number of benzene rings is 3. The molecule has 4 aromatic rings. The number of rotatable bonds is 7. The van der Waals surface area contributed by atoms with Gasteiger partial charge in [0.2, 0.25) is 26.6 Å². The summed E-state index contributed by atoms with van der Waals surface area (Å²) < 4.78 is 32.7. The number of hydrogen-bond acceptors (Lipinski definition) is 5. The molecule has 0 aliphatic carbocycles. The van der Waals surface area contributed by atoms with Crippen molar-refractivity contribution in [3.05, 3.63) is 95.6 Å². The molecule has 1 heterocycles. The van der Waals surface area contributed by atoms with Crippen molar-refractivity contribution in [1.82, 2.24) is 4.98 Å². The molecule has 0 amide bonds. The van der Waals surface area contributed by atoms with E-state index in [1.165, 1.54) is 0 Å². The van der Waals surface area contributed by atoms with Gasteiger partial charge in [0.1, 0.15) is 0 Å². The molecule has 0 atom stereocenters. The van der Waals surface area contributed by atoms with Crippen molar-refractivity contribution in [3.8, 4) is 11.5 Å². The van der Waals surface area contributed by atoms with Crippen LogP contribution in [-0.2, 0) is 16.3 Å². The predicted octanol–water partition coefficient (Wildman–Crippen LogP) is 5.45. The summed E-state index contributed by atoms with van der Waals surface area (Å²) in [6.07, 6.45) is 0.728. The maximum atomic E-state index is 13.4. The van der Waals surface area contributed by atoms with Gasteiger partial charge in [-0.25, -0.2) is 8.42 Å². The van der Waals surface area contributed by atoms with Gasteiger partial charge in [-0.3, -0.25) is 0 Å². The summed E-state index contributed by atoms with van der Waals surface area (Å²) in [4.78, 5) is 4.59. The van der Waals surface area contributed by atoms with E-state index in [1.54, 1.807) is 18.2 Å². The summed E-state index contributed by atoms with van der Waals surface area (Å²) in [5.41, 5.74) is 3.84. The number of nitrogens with one attached hydrogen (secondary N) is 1. The van der Waals surface area contributed by atoms with Crippen LogP contribution in [0.3, 0.4) is 0 Å². The first kappa shape index (κ1) is 20.9. The Morgan fingerprint density at radius 3 is 2.32 bits per heavy atom. The molecule has 0 fully saturated rings. The molecule has 0 aliphatic rings. The lowest BCUT2D eigenvalue weighted by molar-refractivity contribution is 0.577. The van der Waals surface area contributed by atoms with E-state index in [9.17, 15) is 8.42 Å². The van der Waals surface area contributed by atoms with Crippen LogP contribution in [0.25, 0.3) is 11.5 Å². The largest absolute Gasteiger partial charge is 0.419 e. The zero-order chi connectivity index (χ0) is 21.8. The van der Waals surface area contributed by atoms with Crippen LogP contribution in [-0.4, -0.2) is 19.9 Å². The van der Waals surface area contributed by atoms with Crippen LogP contribution in [0.2, 0.25) is 0 Å². The summed E-state index contributed by atoms with van der Waals surface area (Å²) in [6.45, 7) is 4.37. The normalized spacial score (nSPS) is 11.4. The molecule has 0 saturated heterocycles. The van der Waals surface area contributed by atoms with Gasteiger partial charge in [-0.2, -0.15) is 4.98 Å². The summed E-state index contributed by atoms with van der Waals surface area (Å²) in [7, 11) is -3.85. The number of aromatic nitrogens is 1. The Kier molecular flexibility index (Phi) is 5.91. The zero-order valence-electron chi connectivity index (χ0n) is 17.5. The van der Waals surface area contributed by atoms with Crippen LogP contribution in [0.4, 0.5) is 5.88 Å². The van der Waals surface area contributed by atoms with Crippen molar-refractivity contribution in [3.63, 3.8) is 0 Å². The van der Waals surface area contributed by atoms with Gasteiger partial charge in [0.15, 0.2) is 0 Å². The lowest BCUT2D eigenvalue weighted by atomic mass is 10.1. The number of nitrogens with zero attached hydrogens (tertiary/aromatic N) is 1. The molecule has 6 heteroatoms. The van der Waals surface area contributed by atoms with Crippen molar-refractivity contribution >= 4 is 15.7 Å². The van der Waals surface area contributed by atoms with Crippen LogP contribution in [0, 0.1) is 13.8 Å². The van der Waals surface area contributed by atoms with E-state index in [0.717, 1.165) is 28.7 Å². The number of anilines is 1. The molecule has 4 rings (SSSR count). The highest BCUT2D eigenvalue weighted by Crippen LogP contribution is 2.32. The molecule has 0 unspecified atom stereocenters. The van der Waals surface area contributed by atoms with E-state index in [1.807, 2.05) is 74.5 Å². The summed E-state index contributed by atoms with van der Waals surface area (Å²) in [5, 5.41) is 3.05. The van der Waals surface area contributed by atoms with E-state index in [4.69, 9.17) is 4.42 Å². The molecule has 0 saturated carbocycles. The third-order valence-electron chi connectivity index (χ3n) is 4.99. The minimum Gasteiger partial charge on any atom is -0.419 e. The molecule has 1 aromatic heterocycles. The lowest BCUT2D eigenvalue weighted by Crippen LogP contribution is -2.10. The quantitative estimate of drug-likeness (QED) is 0.421. The summed E-state index contributed by atoms with van der Waals surface area (Å²) in [6, 6.07) is 24.4. The highest BCUT2D eigenvalue weighted by atomic mass is 32.2. The van der Waals surface area contributed by atoms with Gasteiger partial charge in [-0.15, -0.1) is 0 Å². The average molecular weight is 433 g/mol. The zero-order valence-corrected chi connectivity index (χ0v) is 18.3. The molecule has 0 bridgehead atoms. The van der Waals surface area contributed by atoms with Crippen molar-refractivity contribution in [2.75, 3.05) is 11.9 Å². The molecule has 5 nitrogen and oxygen atoms in total. The second-order valence-corrected chi connectivity index (χ2v) is 9.37. The first-order valence-corrected chi connectivity index (χ1v) is 11.6. The fourth-order valence-corrected chi connectivity index (χ4v) is 4.66. The Labute approximate surface area is 182 Å². The van der Waals surface area contributed by atoms with E-state index in [2.05, 4.69) is 10.3 Å². The van der Waals surface area contributed by atoms with Gasteiger partial charge in [0.05, 0.1) is 4.90 Å². The molecule has 3 aromatic carbocycles. The second-order valence-electron chi connectivity index (χ2n) is 7.50. The van der Waals surface area contributed by atoms with Crippen LogP contribution in [0.1, 0.15) is 16.7 Å². The third-order valence-corrected chi connectivity index (χ3v) is 6.65. The van der Waals surface area contributed by atoms with Gasteiger partial charge in [0, 0.05) is 12.1 Å². The lowest BCUT2D eigenvalue weighted by Gasteiger charge is -2.07. The van der Waals surface area contributed by atoms with Crippen molar-refractivity contribution in [2.24, 2.45) is 0 Å². The van der Waals surface area contributed by atoms with E-state index in [-0.39, 0.29) is 21.7 Å². The summed E-state index contributed by atoms with van der Waals surface area (Å²) >= 11 is 0. The molecule has 1 N–H and O–H groups in total. The fourth-order valence-electron chi connectivity index (χ4n) is 3.28. The van der Waals surface area contributed by atoms with Crippen molar-refractivity contribution in [2.45, 2.75) is 30.2 Å². The Morgan fingerprint density at radius 1 is 0.871 bits per heavy atom. The number of oxazole rings is 1. The number of sulfone groups is 1. The Bertz CT molecular complexity index is 1280. The molecule has 0 radical (unpaired) electrons. The van der Waals surface area contributed by atoms with Crippen molar-refractivity contribution in [1.29, 1.82) is 0 Å². The maximum absolute atomic E-state index is 13.4. The van der Waals surface area contributed by atoms with E-state index in [0.29, 0.717) is 6.54 Å². The highest BCUT2D eigenvalue weighted by molar-refractivity contribution is 7.91. The Balaban J connectivity index is 1.70. The third kappa shape index (κ3) is 4.70. The molecule has 0 spiro atoms. The Morgan fingerprint density at radius 2 is 1.61 bits per heavy atom. The minimum absolute atomic E-state index is 0.0956. The number of aryl methyl sites for hydroxylation is 2.